The molecular weight excluding hydrogens is 230 g/mol. The first-order valence-electron chi connectivity index (χ1n) is 4.21. The maximum atomic E-state index is 11.6. The summed E-state index contributed by atoms with van der Waals surface area (Å²) in [6.45, 7) is -0.189. The number of nitrogens with two attached hydrogens (primary N) is 1. The molecular formula is C8H10N5O2S. The van der Waals surface area contributed by atoms with E-state index in [9.17, 15) is 9.59 Å². The van der Waals surface area contributed by atoms with E-state index in [0.29, 0.717) is 5.00 Å². The Hall–Kier alpha value is -2.09. The van der Waals surface area contributed by atoms with Crippen LogP contribution >= 0.6 is 11.3 Å². The lowest BCUT2D eigenvalue weighted by Crippen LogP contribution is -2.51. The SMILES string of the molecule is N=C(N)NNC(=O)N(C[C]=O)c1cccs1. The summed E-state index contributed by atoms with van der Waals surface area (Å²) in [4.78, 5) is 23.1. The average Bonchev–Trinajstić information content (AvgIpc) is 2.75. The van der Waals surface area contributed by atoms with Crippen LogP contribution in [0, 0.1) is 5.41 Å². The number of rotatable bonds is 3. The summed E-state index contributed by atoms with van der Waals surface area (Å²) in [6.07, 6.45) is 1.63. The van der Waals surface area contributed by atoms with Crippen molar-refractivity contribution >= 4 is 34.6 Å². The molecule has 1 aromatic heterocycles. The number of nitrogens with zero attached hydrogens (tertiary/aromatic N) is 1. The van der Waals surface area contributed by atoms with E-state index in [2.05, 4.69) is 10.9 Å². The molecule has 0 fully saturated rings. The molecule has 85 valence electrons. The Morgan fingerprint density at radius 3 is 2.88 bits per heavy atom. The standard InChI is InChI=1S/C8H10N5O2S/c9-7(10)11-12-8(15)13(3-4-14)6-2-1-5-16-6/h1-2,5H,3H2,(H,12,15)(H4,9,10,11). The summed E-state index contributed by atoms with van der Waals surface area (Å²) in [7, 11) is 0. The molecule has 0 unspecified atom stereocenters. The van der Waals surface area contributed by atoms with E-state index in [1.807, 2.05) is 0 Å². The molecule has 0 saturated carbocycles. The van der Waals surface area contributed by atoms with Gasteiger partial charge in [0.05, 0.1) is 11.5 Å². The first-order valence-corrected chi connectivity index (χ1v) is 5.09. The lowest BCUT2D eigenvalue weighted by molar-refractivity contribution is 0.245. The Kier molecular flexibility index (Phi) is 4.28. The van der Waals surface area contributed by atoms with Gasteiger partial charge in [0.15, 0.2) is 0 Å². The van der Waals surface area contributed by atoms with Crippen LogP contribution < -0.4 is 21.5 Å². The number of nitrogens with one attached hydrogen (secondary N) is 3. The molecule has 8 heteroatoms. The molecule has 0 spiro atoms. The molecule has 0 saturated heterocycles. The van der Waals surface area contributed by atoms with Crippen LogP contribution in [0.1, 0.15) is 0 Å². The molecule has 7 nitrogen and oxygen atoms in total. The minimum Gasteiger partial charge on any atom is -0.369 e. The van der Waals surface area contributed by atoms with Crippen LogP contribution in [-0.4, -0.2) is 24.8 Å². The van der Waals surface area contributed by atoms with Crippen LogP contribution in [0.5, 0.6) is 0 Å². The number of carbonyl (C=O) groups is 1. The number of hydrogen-bond donors (Lipinski definition) is 4. The topological polar surface area (TPSA) is 111 Å². The van der Waals surface area contributed by atoms with Crippen LogP contribution in [-0.2, 0) is 4.79 Å². The highest BCUT2D eigenvalue weighted by atomic mass is 32.1. The average molecular weight is 240 g/mol. The Morgan fingerprint density at radius 2 is 2.38 bits per heavy atom. The van der Waals surface area contributed by atoms with Gasteiger partial charge in [-0.15, -0.1) is 11.3 Å². The molecule has 5 N–H and O–H groups in total. The first kappa shape index (κ1) is 12.0. The van der Waals surface area contributed by atoms with E-state index in [4.69, 9.17) is 11.1 Å². The van der Waals surface area contributed by atoms with Crippen molar-refractivity contribution < 1.29 is 9.59 Å². The van der Waals surface area contributed by atoms with Gasteiger partial charge in [-0.1, -0.05) is 0 Å². The Morgan fingerprint density at radius 1 is 1.62 bits per heavy atom. The first-order chi connectivity index (χ1) is 7.65. The summed E-state index contributed by atoms with van der Waals surface area (Å²) in [5.41, 5.74) is 9.31. The summed E-state index contributed by atoms with van der Waals surface area (Å²) < 4.78 is 0. The maximum absolute atomic E-state index is 11.6. The molecule has 0 bridgehead atoms. The Bertz CT molecular complexity index is 378. The van der Waals surface area contributed by atoms with Crippen molar-refractivity contribution in [2.45, 2.75) is 0 Å². The second kappa shape index (κ2) is 5.71. The van der Waals surface area contributed by atoms with Gasteiger partial charge < -0.3 is 5.73 Å². The number of hydrogen-bond acceptors (Lipinski definition) is 4. The van der Waals surface area contributed by atoms with Crippen LogP contribution in [0.2, 0.25) is 0 Å². The molecule has 1 aromatic rings. The van der Waals surface area contributed by atoms with Crippen molar-refractivity contribution in [3.05, 3.63) is 17.5 Å². The third kappa shape index (κ3) is 3.24. The monoisotopic (exact) mass is 240 g/mol. The minimum atomic E-state index is -0.582. The predicted molar refractivity (Wildman–Crippen MR) is 60.9 cm³/mol. The number of guanidine groups is 1. The van der Waals surface area contributed by atoms with E-state index < -0.39 is 12.0 Å². The molecule has 1 rings (SSSR count). The lowest BCUT2D eigenvalue weighted by atomic mass is 10.5. The quantitative estimate of drug-likeness (QED) is 0.332. The fraction of sp³-hybridized carbons (Fsp3) is 0.125. The number of hydrazine groups is 1. The number of thiophene rings is 1. The van der Waals surface area contributed by atoms with E-state index in [1.165, 1.54) is 16.2 Å². The lowest BCUT2D eigenvalue weighted by Gasteiger charge is -2.18. The van der Waals surface area contributed by atoms with Gasteiger partial charge in [0.1, 0.15) is 0 Å². The van der Waals surface area contributed by atoms with E-state index in [-0.39, 0.29) is 6.54 Å². The van der Waals surface area contributed by atoms with Gasteiger partial charge in [-0.2, -0.15) is 0 Å². The molecule has 1 heterocycles. The van der Waals surface area contributed by atoms with Gasteiger partial charge in [0.2, 0.25) is 12.2 Å². The van der Waals surface area contributed by atoms with E-state index in [0.717, 1.165) is 0 Å². The van der Waals surface area contributed by atoms with Crippen LogP contribution in [0.3, 0.4) is 0 Å². The molecule has 0 aliphatic carbocycles. The van der Waals surface area contributed by atoms with Crippen molar-refractivity contribution in [1.29, 1.82) is 5.41 Å². The molecule has 0 aromatic carbocycles. The zero-order valence-electron chi connectivity index (χ0n) is 8.19. The Balaban J connectivity index is 2.66. The summed E-state index contributed by atoms with van der Waals surface area (Å²) >= 11 is 1.31. The molecule has 0 aliphatic heterocycles. The zero-order chi connectivity index (χ0) is 12.0. The summed E-state index contributed by atoms with van der Waals surface area (Å²) in [5.74, 6) is -0.394. The minimum absolute atomic E-state index is 0.189. The van der Waals surface area contributed by atoms with Crippen molar-refractivity contribution in [3.8, 4) is 0 Å². The second-order valence-electron chi connectivity index (χ2n) is 2.65. The second-order valence-corrected chi connectivity index (χ2v) is 3.58. The molecule has 1 radical (unpaired) electrons. The molecule has 16 heavy (non-hydrogen) atoms. The predicted octanol–water partition coefficient (Wildman–Crippen LogP) is -0.228. The van der Waals surface area contributed by atoms with Gasteiger partial charge in [-0.05, 0) is 17.5 Å². The van der Waals surface area contributed by atoms with Crippen molar-refractivity contribution in [1.82, 2.24) is 10.9 Å². The highest BCUT2D eigenvalue weighted by Gasteiger charge is 2.15. The number of anilines is 1. The maximum Gasteiger partial charge on any atom is 0.341 e. The summed E-state index contributed by atoms with van der Waals surface area (Å²) in [6, 6.07) is 2.86. The van der Waals surface area contributed by atoms with Crippen molar-refractivity contribution in [2.75, 3.05) is 11.4 Å². The van der Waals surface area contributed by atoms with Crippen LogP contribution in [0.4, 0.5) is 9.80 Å². The van der Waals surface area contributed by atoms with Gasteiger partial charge in [-0.3, -0.25) is 20.5 Å². The third-order valence-corrected chi connectivity index (χ3v) is 2.44. The number of amides is 2. The van der Waals surface area contributed by atoms with Crippen molar-refractivity contribution in [2.24, 2.45) is 5.73 Å². The van der Waals surface area contributed by atoms with E-state index in [1.54, 1.807) is 23.8 Å². The van der Waals surface area contributed by atoms with Gasteiger partial charge in [-0.25, -0.2) is 10.2 Å². The fourth-order valence-electron chi connectivity index (χ4n) is 0.926. The van der Waals surface area contributed by atoms with Crippen LogP contribution in [0.15, 0.2) is 17.5 Å². The fourth-order valence-corrected chi connectivity index (χ4v) is 1.65. The third-order valence-electron chi connectivity index (χ3n) is 1.54. The molecule has 2 amide bonds. The number of urea groups is 1. The molecule has 0 aliphatic rings. The highest BCUT2D eigenvalue weighted by molar-refractivity contribution is 7.14. The van der Waals surface area contributed by atoms with Crippen LogP contribution in [0.25, 0.3) is 0 Å². The largest absolute Gasteiger partial charge is 0.369 e. The normalized spacial score (nSPS) is 9.25. The Labute approximate surface area is 95.7 Å². The van der Waals surface area contributed by atoms with Gasteiger partial charge in [0.25, 0.3) is 0 Å². The van der Waals surface area contributed by atoms with Gasteiger partial charge >= 0.3 is 6.03 Å². The molecule has 0 atom stereocenters. The highest BCUT2D eigenvalue weighted by Crippen LogP contribution is 2.20. The van der Waals surface area contributed by atoms with E-state index >= 15 is 0 Å². The smallest absolute Gasteiger partial charge is 0.341 e. The number of carbonyl (C=O) groups excluding carboxylic acids is 2. The summed E-state index contributed by atoms with van der Waals surface area (Å²) in [5, 5.41) is 9.24. The zero-order valence-corrected chi connectivity index (χ0v) is 9.00. The van der Waals surface area contributed by atoms with Gasteiger partial charge in [0, 0.05) is 0 Å². The van der Waals surface area contributed by atoms with Crippen molar-refractivity contribution in [3.63, 3.8) is 0 Å².